The van der Waals surface area contributed by atoms with Crippen molar-refractivity contribution < 1.29 is 13.2 Å². The van der Waals surface area contributed by atoms with Crippen LogP contribution in [0.25, 0.3) is 0 Å². The largest absolute Gasteiger partial charge is 0.446 e. The number of rotatable bonds is 6. The fourth-order valence-corrected chi connectivity index (χ4v) is 2.11. The standard InChI is InChI=1S/C12H17F3N2S.2C2H6/c1-2-9(7-8-16)17-10-3-5-11(6-4-10)18-12(13,14)15;2*1-2/h3-6,9,17H,2,7-8,16H2,1H3;2*1-2H3. The molecule has 0 aliphatic rings. The van der Waals surface area contributed by atoms with E-state index >= 15 is 0 Å². The van der Waals surface area contributed by atoms with E-state index in [9.17, 15) is 13.2 Å². The van der Waals surface area contributed by atoms with Crippen molar-refractivity contribution in [3.05, 3.63) is 24.3 Å². The number of anilines is 1. The third-order valence-electron chi connectivity index (χ3n) is 2.47. The number of nitrogens with two attached hydrogens (primary N) is 1. The van der Waals surface area contributed by atoms with Crippen molar-refractivity contribution in [3.63, 3.8) is 0 Å². The van der Waals surface area contributed by atoms with E-state index in [4.69, 9.17) is 5.73 Å². The Morgan fingerprint density at radius 3 is 1.95 bits per heavy atom. The van der Waals surface area contributed by atoms with Gasteiger partial charge in [0.05, 0.1) is 0 Å². The Morgan fingerprint density at radius 2 is 1.59 bits per heavy atom. The molecule has 0 saturated heterocycles. The normalized spacial score (nSPS) is 11.5. The highest BCUT2D eigenvalue weighted by molar-refractivity contribution is 8.00. The van der Waals surface area contributed by atoms with Crippen LogP contribution < -0.4 is 11.1 Å². The first-order chi connectivity index (χ1) is 10.4. The van der Waals surface area contributed by atoms with Crippen molar-refractivity contribution in [2.75, 3.05) is 11.9 Å². The number of thioether (sulfide) groups is 1. The van der Waals surface area contributed by atoms with Gasteiger partial charge in [0.2, 0.25) is 0 Å². The molecule has 0 radical (unpaired) electrons. The molecule has 1 atom stereocenters. The van der Waals surface area contributed by atoms with Crippen LogP contribution in [0.2, 0.25) is 0 Å². The molecule has 2 nitrogen and oxygen atoms in total. The molecule has 0 saturated carbocycles. The molecule has 0 spiro atoms. The quantitative estimate of drug-likeness (QED) is 0.635. The minimum atomic E-state index is -4.24. The number of benzene rings is 1. The van der Waals surface area contributed by atoms with Crippen LogP contribution in [0.5, 0.6) is 0 Å². The number of hydrogen-bond donors (Lipinski definition) is 2. The van der Waals surface area contributed by atoms with Crippen LogP contribution in [0.4, 0.5) is 18.9 Å². The van der Waals surface area contributed by atoms with Gasteiger partial charge in [-0.05, 0) is 55.4 Å². The van der Waals surface area contributed by atoms with E-state index in [-0.39, 0.29) is 22.7 Å². The second-order valence-corrected chi connectivity index (χ2v) is 5.04. The minimum Gasteiger partial charge on any atom is -0.382 e. The summed E-state index contributed by atoms with van der Waals surface area (Å²) in [6.07, 6.45) is 1.77. The SMILES string of the molecule is CC.CC.CCC(CCN)Nc1ccc(SC(F)(F)F)cc1. The fourth-order valence-electron chi connectivity index (χ4n) is 1.57. The number of alkyl halides is 3. The van der Waals surface area contributed by atoms with Crippen LogP contribution in [-0.2, 0) is 0 Å². The van der Waals surface area contributed by atoms with E-state index in [0.717, 1.165) is 18.5 Å². The van der Waals surface area contributed by atoms with Gasteiger partial charge in [0.25, 0.3) is 0 Å². The average Bonchev–Trinajstić information content (AvgIpc) is 2.51. The molecule has 1 unspecified atom stereocenters. The summed E-state index contributed by atoms with van der Waals surface area (Å²) < 4.78 is 36.4. The third-order valence-corrected chi connectivity index (χ3v) is 3.21. The van der Waals surface area contributed by atoms with Gasteiger partial charge in [-0.1, -0.05) is 34.6 Å². The summed E-state index contributed by atoms with van der Waals surface area (Å²) in [4.78, 5) is 0.194. The molecule has 1 rings (SSSR count). The van der Waals surface area contributed by atoms with Crippen LogP contribution in [0, 0.1) is 0 Å². The highest BCUT2D eigenvalue weighted by Gasteiger charge is 2.28. The van der Waals surface area contributed by atoms with Crippen molar-refractivity contribution in [3.8, 4) is 0 Å². The molecule has 1 aromatic carbocycles. The van der Waals surface area contributed by atoms with Gasteiger partial charge in [-0.25, -0.2) is 0 Å². The first kappa shape index (κ1) is 23.4. The molecule has 0 amide bonds. The van der Waals surface area contributed by atoms with E-state index < -0.39 is 5.51 Å². The van der Waals surface area contributed by atoms with Crippen LogP contribution in [0.3, 0.4) is 0 Å². The summed E-state index contributed by atoms with van der Waals surface area (Å²) in [5.74, 6) is 0. The van der Waals surface area contributed by atoms with Gasteiger partial charge in [0, 0.05) is 16.6 Å². The van der Waals surface area contributed by atoms with Gasteiger partial charge < -0.3 is 11.1 Å². The Bertz CT molecular complexity index is 353. The predicted octanol–water partition coefficient (Wildman–Crippen LogP) is 5.89. The Kier molecular flexibility index (Phi) is 14.6. The smallest absolute Gasteiger partial charge is 0.382 e. The zero-order chi connectivity index (χ0) is 17.6. The maximum Gasteiger partial charge on any atom is 0.446 e. The zero-order valence-electron chi connectivity index (χ0n) is 14.1. The van der Waals surface area contributed by atoms with E-state index in [1.54, 1.807) is 12.1 Å². The lowest BCUT2D eigenvalue weighted by atomic mass is 10.1. The van der Waals surface area contributed by atoms with Crippen molar-refractivity contribution in [1.29, 1.82) is 0 Å². The van der Waals surface area contributed by atoms with Crippen molar-refractivity contribution in [2.45, 2.75) is 63.9 Å². The van der Waals surface area contributed by atoms with Gasteiger partial charge in [0.15, 0.2) is 0 Å². The lowest BCUT2D eigenvalue weighted by Gasteiger charge is -2.17. The number of hydrogen-bond acceptors (Lipinski definition) is 3. The van der Waals surface area contributed by atoms with Gasteiger partial charge in [-0.2, -0.15) is 13.2 Å². The first-order valence-corrected chi connectivity index (χ1v) is 8.58. The summed E-state index contributed by atoms with van der Waals surface area (Å²) in [7, 11) is 0. The summed E-state index contributed by atoms with van der Waals surface area (Å²) in [6.45, 7) is 10.6. The van der Waals surface area contributed by atoms with E-state index in [0.29, 0.717) is 6.54 Å². The van der Waals surface area contributed by atoms with Gasteiger partial charge in [-0.15, -0.1) is 0 Å². The topological polar surface area (TPSA) is 38.0 Å². The van der Waals surface area contributed by atoms with Gasteiger partial charge in [-0.3, -0.25) is 0 Å². The maximum absolute atomic E-state index is 12.1. The second kappa shape index (κ2) is 13.8. The van der Waals surface area contributed by atoms with Gasteiger partial charge >= 0.3 is 5.51 Å². The summed E-state index contributed by atoms with van der Waals surface area (Å²) in [5.41, 5.74) is 2.07. The highest BCUT2D eigenvalue weighted by atomic mass is 32.2. The van der Waals surface area contributed by atoms with Crippen molar-refractivity contribution >= 4 is 17.4 Å². The minimum absolute atomic E-state index is 0.103. The van der Waals surface area contributed by atoms with Gasteiger partial charge in [0.1, 0.15) is 0 Å². The molecule has 1 aromatic rings. The van der Waals surface area contributed by atoms with Crippen LogP contribution >= 0.6 is 11.8 Å². The molecular weight excluding hydrogens is 309 g/mol. The molecule has 0 heterocycles. The summed E-state index contributed by atoms with van der Waals surface area (Å²) >= 11 is -0.103. The summed E-state index contributed by atoms with van der Waals surface area (Å²) in [6, 6.07) is 6.52. The molecule has 130 valence electrons. The molecule has 6 heteroatoms. The second-order valence-electron chi connectivity index (χ2n) is 3.90. The highest BCUT2D eigenvalue weighted by Crippen LogP contribution is 2.37. The fraction of sp³-hybridized carbons (Fsp3) is 0.625. The van der Waals surface area contributed by atoms with Crippen LogP contribution in [-0.4, -0.2) is 18.1 Å². The monoisotopic (exact) mass is 338 g/mol. The Balaban J connectivity index is 0. The molecule has 0 aliphatic carbocycles. The lowest BCUT2D eigenvalue weighted by Crippen LogP contribution is -2.22. The maximum atomic E-state index is 12.1. The number of nitrogens with one attached hydrogen (secondary N) is 1. The van der Waals surface area contributed by atoms with E-state index in [1.165, 1.54) is 12.1 Å². The van der Waals surface area contributed by atoms with Crippen LogP contribution in [0.15, 0.2) is 29.2 Å². The van der Waals surface area contributed by atoms with Crippen molar-refractivity contribution in [1.82, 2.24) is 0 Å². The summed E-state index contributed by atoms with van der Waals surface area (Å²) in [5, 5.41) is 3.25. The Hall–Kier alpha value is -0.880. The molecule has 0 bridgehead atoms. The number of halogens is 3. The molecule has 22 heavy (non-hydrogen) atoms. The molecule has 3 N–H and O–H groups in total. The van der Waals surface area contributed by atoms with E-state index in [1.807, 2.05) is 34.6 Å². The molecule has 0 aliphatic heterocycles. The van der Waals surface area contributed by atoms with Crippen LogP contribution in [0.1, 0.15) is 47.5 Å². The average molecular weight is 338 g/mol. The molecule has 0 fully saturated rings. The Labute approximate surface area is 137 Å². The van der Waals surface area contributed by atoms with E-state index in [2.05, 4.69) is 5.32 Å². The Morgan fingerprint density at radius 1 is 1.09 bits per heavy atom. The predicted molar refractivity (Wildman–Crippen MR) is 92.4 cm³/mol. The first-order valence-electron chi connectivity index (χ1n) is 7.77. The molecule has 0 aromatic heterocycles. The van der Waals surface area contributed by atoms with Crippen molar-refractivity contribution in [2.24, 2.45) is 5.73 Å². The molecular formula is C16H29F3N2S. The lowest BCUT2D eigenvalue weighted by molar-refractivity contribution is -0.0328. The zero-order valence-corrected chi connectivity index (χ0v) is 14.9. The third kappa shape index (κ3) is 11.7.